The number of anilines is 1. The van der Waals surface area contributed by atoms with Gasteiger partial charge < -0.3 is 15.4 Å². The number of benzene rings is 1. The van der Waals surface area contributed by atoms with E-state index in [4.69, 9.17) is 4.74 Å². The summed E-state index contributed by atoms with van der Waals surface area (Å²) in [4.78, 5) is 28.1. The molecule has 6 nitrogen and oxygen atoms in total. The Morgan fingerprint density at radius 3 is 2.52 bits per heavy atom. The first-order valence-electron chi connectivity index (χ1n) is 7.52. The van der Waals surface area contributed by atoms with Gasteiger partial charge in [-0.3, -0.25) is 9.59 Å². The second-order valence-electron chi connectivity index (χ2n) is 5.09. The maximum absolute atomic E-state index is 13.6. The number of carbonyl (C=O) groups excluding carboxylic acids is 2. The zero-order chi connectivity index (χ0) is 18.2. The molecular weight excluding hydrogens is 332 g/mol. The largest absolute Gasteiger partial charge is 0.385 e. The molecular formula is C17H17F2N3O3. The number of aromatic nitrogens is 1. The van der Waals surface area contributed by atoms with Crippen LogP contribution in [0.2, 0.25) is 0 Å². The molecule has 0 saturated heterocycles. The highest BCUT2D eigenvalue weighted by atomic mass is 19.1. The van der Waals surface area contributed by atoms with E-state index in [1.54, 1.807) is 7.11 Å². The number of halogens is 2. The fourth-order valence-corrected chi connectivity index (χ4v) is 1.97. The van der Waals surface area contributed by atoms with Crippen LogP contribution >= 0.6 is 0 Å². The molecule has 25 heavy (non-hydrogen) atoms. The van der Waals surface area contributed by atoms with Gasteiger partial charge in [-0.05, 0) is 30.7 Å². The molecule has 0 aliphatic heterocycles. The molecule has 132 valence electrons. The molecule has 1 aromatic carbocycles. The van der Waals surface area contributed by atoms with Crippen LogP contribution in [-0.2, 0) is 4.74 Å². The van der Waals surface area contributed by atoms with Crippen molar-refractivity contribution in [2.75, 3.05) is 25.6 Å². The molecule has 2 N–H and O–H groups in total. The van der Waals surface area contributed by atoms with Crippen molar-refractivity contribution in [3.8, 4) is 0 Å². The van der Waals surface area contributed by atoms with Gasteiger partial charge in [-0.1, -0.05) is 6.07 Å². The Labute approximate surface area is 143 Å². The van der Waals surface area contributed by atoms with Gasteiger partial charge in [0.1, 0.15) is 23.0 Å². The minimum Gasteiger partial charge on any atom is -0.385 e. The molecule has 0 radical (unpaired) electrons. The van der Waals surface area contributed by atoms with Crippen LogP contribution in [0.1, 0.15) is 27.4 Å². The Morgan fingerprint density at radius 1 is 1.12 bits per heavy atom. The predicted octanol–water partition coefficient (Wildman–Crippen LogP) is 2.38. The summed E-state index contributed by atoms with van der Waals surface area (Å²) in [5.41, 5.74) is -0.180. The Morgan fingerprint density at radius 2 is 1.84 bits per heavy atom. The zero-order valence-electron chi connectivity index (χ0n) is 13.5. The van der Waals surface area contributed by atoms with Crippen molar-refractivity contribution < 1.29 is 23.1 Å². The number of methoxy groups -OCH3 is 1. The normalized spacial score (nSPS) is 10.4. The van der Waals surface area contributed by atoms with Crippen molar-refractivity contribution in [2.45, 2.75) is 6.42 Å². The van der Waals surface area contributed by atoms with E-state index in [0.717, 1.165) is 12.1 Å². The Bertz CT molecular complexity index is 769. The van der Waals surface area contributed by atoms with Crippen molar-refractivity contribution in [2.24, 2.45) is 0 Å². The SMILES string of the molecule is COCCCNC(=O)c1cccc(C(=O)Nc2ccc(F)cc2F)n1. The van der Waals surface area contributed by atoms with Crippen molar-refractivity contribution in [3.63, 3.8) is 0 Å². The van der Waals surface area contributed by atoms with Crippen LogP contribution in [0.5, 0.6) is 0 Å². The van der Waals surface area contributed by atoms with Crippen LogP contribution in [0, 0.1) is 11.6 Å². The van der Waals surface area contributed by atoms with Crippen LogP contribution < -0.4 is 10.6 Å². The second-order valence-corrected chi connectivity index (χ2v) is 5.09. The van der Waals surface area contributed by atoms with Crippen LogP contribution in [0.25, 0.3) is 0 Å². The van der Waals surface area contributed by atoms with Gasteiger partial charge in [-0.2, -0.15) is 0 Å². The lowest BCUT2D eigenvalue weighted by molar-refractivity contribution is 0.0943. The number of pyridine rings is 1. The molecule has 0 atom stereocenters. The molecule has 0 spiro atoms. The van der Waals surface area contributed by atoms with Gasteiger partial charge in [-0.25, -0.2) is 13.8 Å². The number of ether oxygens (including phenoxy) is 1. The fourth-order valence-electron chi connectivity index (χ4n) is 1.97. The van der Waals surface area contributed by atoms with Crippen molar-refractivity contribution in [3.05, 3.63) is 59.4 Å². The number of nitrogens with zero attached hydrogens (tertiary/aromatic N) is 1. The number of hydrogen-bond acceptors (Lipinski definition) is 4. The third kappa shape index (κ3) is 5.32. The molecule has 0 aliphatic carbocycles. The van der Waals surface area contributed by atoms with Crippen molar-refractivity contribution in [1.29, 1.82) is 0 Å². The Kier molecular flexibility index (Phi) is 6.53. The van der Waals surface area contributed by atoms with Gasteiger partial charge in [0, 0.05) is 26.3 Å². The molecule has 1 aromatic heterocycles. The molecule has 0 unspecified atom stereocenters. The van der Waals surface area contributed by atoms with E-state index in [2.05, 4.69) is 15.6 Å². The molecule has 2 amide bonds. The number of hydrogen-bond donors (Lipinski definition) is 2. The molecule has 1 heterocycles. The highest BCUT2D eigenvalue weighted by Crippen LogP contribution is 2.15. The molecule has 8 heteroatoms. The lowest BCUT2D eigenvalue weighted by Gasteiger charge is -2.08. The average Bonchev–Trinajstić information content (AvgIpc) is 2.61. The fraction of sp³-hybridized carbons (Fsp3) is 0.235. The van der Waals surface area contributed by atoms with E-state index in [1.807, 2.05) is 0 Å². The first-order valence-corrected chi connectivity index (χ1v) is 7.52. The Balaban J connectivity index is 2.04. The number of nitrogens with one attached hydrogen (secondary N) is 2. The van der Waals surface area contributed by atoms with E-state index in [9.17, 15) is 18.4 Å². The van der Waals surface area contributed by atoms with Gasteiger partial charge in [0.15, 0.2) is 0 Å². The van der Waals surface area contributed by atoms with Crippen LogP contribution in [0.3, 0.4) is 0 Å². The van der Waals surface area contributed by atoms with Crippen molar-refractivity contribution >= 4 is 17.5 Å². The van der Waals surface area contributed by atoms with E-state index in [1.165, 1.54) is 18.2 Å². The third-order valence-electron chi connectivity index (χ3n) is 3.20. The summed E-state index contributed by atoms with van der Waals surface area (Å²) in [7, 11) is 1.56. The Hall–Kier alpha value is -2.87. The van der Waals surface area contributed by atoms with E-state index >= 15 is 0 Å². The maximum atomic E-state index is 13.6. The second kappa shape index (κ2) is 8.84. The maximum Gasteiger partial charge on any atom is 0.274 e. The summed E-state index contributed by atoms with van der Waals surface area (Å²) in [6, 6.07) is 7.13. The van der Waals surface area contributed by atoms with Crippen LogP contribution in [-0.4, -0.2) is 37.1 Å². The third-order valence-corrected chi connectivity index (χ3v) is 3.20. The summed E-state index contributed by atoms with van der Waals surface area (Å²) in [5.74, 6) is -2.79. The predicted molar refractivity (Wildman–Crippen MR) is 87.4 cm³/mol. The smallest absolute Gasteiger partial charge is 0.274 e. The average molecular weight is 349 g/mol. The summed E-state index contributed by atoms with van der Waals surface area (Å²) in [5, 5.41) is 4.94. The summed E-state index contributed by atoms with van der Waals surface area (Å²) in [6.45, 7) is 0.922. The minimum atomic E-state index is -0.902. The monoisotopic (exact) mass is 349 g/mol. The lowest BCUT2D eigenvalue weighted by atomic mass is 10.2. The molecule has 0 aliphatic rings. The van der Waals surface area contributed by atoms with E-state index < -0.39 is 23.4 Å². The first-order chi connectivity index (χ1) is 12.0. The molecule has 0 bridgehead atoms. The highest BCUT2D eigenvalue weighted by Gasteiger charge is 2.14. The molecule has 0 saturated carbocycles. The van der Waals surface area contributed by atoms with Crippen LogP contribution in [0.4, 0.5) is 14.5 Å². The summed E-state index contributed by atoms with van der Waals surface area (Å²) in [6.07, 6.45) is 0.645. The van der Waals surface area contributed by atoms with E-state index in [0.29, 0.717) is 25.6 Å². The van der Waals surface area contributed by atoms with Gasteiger partial charge >= 0.3 is 0 Å². The first kappa shape index (κ1) is 18.5. The van der Waals surface area contributed by atoms with Crippen molar-refractivity contribution in [1.82, 2.24) is 10.3 Å². The van der Waals surface area contributed by atoms with Gasteiger partial charge in [0.05, 0.1) is 5.69 Å². The number of rotatable bonds is 7. The molecule has 0 fully saturated rings. The standard InChI is InChI=1S/C17H17F2N3O3/c1-25-9-3-8-20-16(23)14-4-2-5-15(21-14)17(24)22-13-7-6-11(18)10-12(13)19/h2,4-7,10H,3,8-9H2,1H3,(H,20,23)(H,22,24). The number of carbonyl (C=O) groups is 2. The zero-order valence-corrected chi connectivity index (χ0v) is 13.5. The topological polar surface area (TPSA) is 80.3 Å². The van der Waals surface area contributed by atoms with E-state index in [-0.39, 0.29) is 17.1 Å². The van der Waals surface area contributed by atoms with Crippen LogP contribution in [0.15, 0.2) is 36.4 Å². The quantitative estimate of drug-likeness (QED) is 0.752. The molecule has 2 aromatic rings. The number of amides is 2. The highest BCUT2D eigenvalue weighted by molar-refractivity contribution is 6.03. The van der Waals surface area contributed by atoms with Gasteiger partial charge in [0.2, 0.25) is 0 Å². The lowest BCUT2D eigenvalue weighted by Crippen LogP contribution is -2.27. The molecule has 2 rings (SSSR count). The minimum absolute atomic E-state index is 0.0599. The summed E-state index contributed by atoms with van der Waals surface area (Å²) < 4.78 is 31.3. The van der Waals surface area contributed by atoms with Gasteiger partial charge in [-0.15, -0.1) is 0 Å². The van der Waals surface area contributed by atoms with Gasteiger partial charge in [0.25, 0.3) is 11.8 Å². The summed E-state index contributed by atoms with van der Waals surface area (Å²) >= 11 is 0.